The molecule has 0 aliphatic carbocycles. The Morgan fingerprint density at radius 2 is 2.05 bits per heavy atom. The van der Waals surface area contributed by atoms with Crippen molar-refractivity contribution in [1.82, 2.24) is 10.6 Å². The third-order valence-corrected chi connectivity index (χ3v) is 3.31. The van der Waals surface area contributed by atoms with Crippen LogP contribution in [0.15, 0.2) is 12.1 Å². The van der Waals surface area contributed by atoms with Gasteiger partial charge < -0.3 is 15.4 Å². The second kappa shape index (κ2) is 9.13. The van der Waals surface area contributed by atoms with Gasteiger partial charge in [0.2, 0.25) is 5.91 Å². The van der Waals surface area contributed by atoms with E-state index in [-0.39, 0.29) is 18.9 Å². The van der Waals surface area contributed by atoms with Crippen LogP contribution >= 0.6 is 23.2 Å². The van der Waals surface area contributed by atoms with Crippen molar-refractivity contribution in [1.29, 1.82) is 0 Å². The highest BCUT2D eigenvalue weighted by Gasteiger charge is 2.11. The van der Waals surface area contributed by atoms with Crippen LogP contribution in [0.5, 0.6) is 5.75 Å². The highest BCUT2D eigenvalue weighted by atomic mass is 35.5. The van der Waals surface area contributed by atoms with E-state index in [0.717, 1.165) is 12.1 Å². The summed E-state index contributed by atoms with van der Waals surface area (Å²) in [6, 6.07) is 3.47. The molecule has 0 atom stereocenters. The van der Waals surface area contributed by atoms with Crippen molar-refractivity contribution in [3.05, 3.63) is 27.7 Å². The normalized spacial score (nSPS) is 10.8. The molecule has 0 spiro atoms. The van der Waals surface area contributed by atoms with E-state index in [1.807, 2.05) is 6.07 Å². The molecule has 1 aromatic rings. The summed E-state index contributed by atoms with van der Waals surface area (Å²) >= 11 is 12.2. The van der Waals surface area contributed by atoms with Crippen molar-refractivity contribution in [2.75, 3.05) is 20.2 Å². The number of amides is 1. The summed E-state index contributed by atoms with van der Waals surface area (Å²) in [5.41, 5.74) is 0.894. The van der Waals surface area contributed by atoms with Crippen molar-refractivity contribution in [3.8, 4) is 5.75 Å². The molecule has 4 nitrogen and oxygen atoms in total. The van der Waals surface area contributed by atoms with Gasteiger partial charge in [0.05, 0.1) is 18.1 Å². The molecule has 0 bridgehead atoms. The van der Waals surface area contributed by atoms with E-state index in [9.17, 15) is 4.79 Å². The van der Waals surface area contributed by atoms with Gasteiger partial charge in [0.1, 0.15) is 5.75 Å². The molecule has 1 rings (SSSR count). The molecule has 0 aliphatic rings. The van der Waals surface area contributed by atoms with Crippen molar-refractivity contribution in [2.45, 2.75) is 26.8 Å². The molecule has 0 aliphatic heterocycles. The van der Waals surface area contributed by atoms with E-state index in [1.54, 1.807) is 13.1 Å². The molecule has 0 heterocycles. The lowest BCUT2D eigenvalue weighted by Gasteiger charge is -2.15. The first-order valence-corrected chi connectivity index (χ1v) is 7.71. The summed E-state index contributed by atoms with van der Waals surface area (Å²) in [6.07, 6.45) is 0.286. The molecule has 0 saturated heterocycles. The summed E-state index contributed by atoms with van der Waals surface area (Å²) in [4.78, 5) is 11.2. The van der Waals surface area contributed by atoms with Crippen LogP contribution in [0.25, 0.3) is 0 Å². The number of nitrogens with one attached hydrogen (secondary N) is 2. The topological polar surface area (TPSA) is 50.4 Å². The van der Waals surface area contributed by atoms with Crippen LogP contribution in [0.3, 0.4) is 0 Å². The van der Waals surface area contributed by atoms with E-state index in [1.165, 1.54) is 0 Å². The zero-order valence-corrected chi connectivity index (χ0v) is 14.1. The van der Waals surface area contributed by atoms with Crippen LogP contribution in [-0.4, -0.2) is 26.1 Å². The van der Waals surface area contributed by atoms with E-state index < -0.39 is 0 Å². The van der Waals surface area contributed by atoms with Gasteiger partial charge in [0.25, 0.3) is 0 Å². The number of hydrogen-bond donors (Lipinski definition) is 2. The zero-order valence-electron chi connectivity index (χ0n) is 12.6. The third-order valence-electron chi connectivity index (χ3n) is 2.81. The van der Waals surface area contributed by atoms with Crippen molar-refractivity contribution >= 4 is 29.1 Å². The lowest BCUT2D eigenvalue weighted by Crippen LogP contribution is -2.21. The number of ether oxygens (including phenoxy) is 1. The first kappa shape index (κ1) is 18.1. The number of carbonyl (C=O) groups excluding carboxylic acids is 1. The molecule has 118 valence electrons. The Balaban J connectivity index is 2.72. The van der Waals surface area contributed by atoms with Crippen molar-refractivity contribution in [2.24, 2.45) is 5.92 Å². The maximum Gasteiger partial charge on any atom is 0.223 e. The van der Waals surface area contributed by atoms with Gasteiger partial charge in [-0.2, -0.15) is 0 Å². The second-order valence-electron chi connectivity index (χ2n) is 5.17. The SMILES string of the molecule is CNC(=O)CCOc1c(Cl)cc(Cl)cc1CNCC(C)C. The van der Waals surface area contributed by atoms with Gasteiger partial charge in [-0.1, -0.05) is 37.0 Å². The van der Waals surface area contributed by atoms with Gasteiger partial charge in [0.15, 0.2) is 0 Å². The van der Waals surface area contributed by atoms with E-state index in [0.29, 0.717) is 28.3 Å². The fourth-order valence-electron chi connectivity index (χ4n) is 1.77. The molecule has 0 radical (unpaired) electrons. The number of carbonyl (C=O) groups is 1. The smallest absolute Gasteiger partial charge is 0.223 e. The fraction of sp³-hybridized carbons (Fsp3) is 0.533. The van der Waals surface area contributed by atoms with Gasteiger partial charge in [-0.15, -0.1) is 0 Å². The maximum absolute atomic E-state index is 11.2. The summed E-state index contributed by atoms with van der Waals surface area (Å²) < 4.78 is 5.66. The molecule has 1 aromatic carbocycles. The van der Waals surface area contributed by atoms with E-state index >= 15 is 0 Å². The van der Waals surface area contributed by atoms with Gasteiger partial charge in [-0.05, 0) is 24.6 Å². The van der Waals surface area contributed by atoms with Crippen LogP contribution in [0.1, 0.15) is 25.8 Å². The third kappa shape index (κ3) is 6.55. The summed E-state index contributed by atoms with van der Waals surface area (Å²) in [5, 5.41) is 6.91. The molecule has 2 N–H and O–H groups in total. The molecule has 0 saturated carbocycles. The molecule has 1 amide bonds. The lowest BCUT2D eigenvalue weighted by molar-refractivity contribution is -0.121. The monoisotopic (exact) mass is 332 g/mol. The largest absolute Gasteiger partial charge is 0.491 e. The average Bonchev–Trinajstić information content (AvgIpc) is 2.40. The van der Waals surface area contributed by atoms with E-state index in [2.05, 4.69) is 24.5 Å². The Hall–Kier alpha value is -0.970. The van der Waals surface area contributed by atoms with Gasteiger partial charge >= 0.3 is 0 Å². The Morgan fingerprint density at radius 3 is 2.67 bits per heavy atom. The quantitative estimate of drug-likeness (QED) is 0.768. The zero-order chi connectivity index (χ0) is 15.8. The summed E-state index contributed by atoms with van der Waals surface area (Å²) in [5.74, 6) is 1.07. The summed E-state index contributed by atoms with van der Waals surface area (Å²) in [6.45, 7) is 6.06. The number of halogens is 2. The van der Waals surface area contributed by atoms with Gasteiger partial charge in [-0.25, -0.2) is 0 Å². The Bertz CT molecular complexity index is 479. The lowest BCUT2D eigenvalue weighted by atomic mass is 10.1. The molecule has 0 unspecified atom stereocenters. The first-order chi connectivity index (χ1) is 9.93. The van der Waals surface area contributed by atoms with Crippen LogP contribution < -0.4 is 15.4 Å². The highest BCUT2D eigenvalue weighted by molar-refractivity contribution is 6.35. The number of rotatable bonds is 8. The van der Waals surface area contributed by atoms with E-state index in [4.69, 9.17) is 27.9 Å². The van der Waals surface area contributed by atoms with Crippen molar-refractivity contribution in [3.63, 3.8) is 0 Å². The van der Waals surface area contributed by atoms with Crippen LogP contribution in [0, 0.1) is 5.92 Å². The molecule has 6 heteroatoms. The highest BCUT2D eigenvalue weighted by Crippen LogP contribution is 2.32. The van der Waals surface area contributed by atoms with Crippen molar-refractivity contribution < 1.29 is 9.53 Å². The fourth-order valence-corrected chi connectivity index (χ4v) is 2.36. The number of benzene rings is 1. The van der Waals surface area contributed by atoms with Gasteiger partial charge in [0, 0.05) is 24.2 Å². The first-order valence-electron chi connectivity index (χ1n) is 6.96. The maximum atomic E-state index is 11.2. The molecular weight excluding hydrogens is 311 g/mol. The second-order valence-corrected chi connectivity index (χ2v) is 6.02. The van der Waals surface area contributed by atoms with Crippen LogP contribution in [0.4, 0.5) is 0 Å². The van der Waals surface area contributed by atoms with Gasteiger partial charge in [-0.3, -0.25) is 4.79 Å². The molecule has 0 aromatic heterocycles. The molecule has 0 fully saturated rings. The Labute approximate surface area is 136 Å². The van der Waals surface area contributed by atoms with Crippen LogP contribution in [-0.2, 0) is 11.3 Å². The Kier molecular flexibility index (Phi) is 7.86. The number of hydrogen-bond acceptors (Lipinski definition) is 3. The average molecular weight is 333 g/mol. The Morgan fingerprint density at radius 1 is 1.33 bits per heavy atom. The van der Waals surface area contributed by atoms with Crippen LogP contribution in [0.2, 0.25) is 10.0 Å². The molecular formula is C15H22Cl2N2O2. The minimum Gasteiger partial charge on any atom is -0.491 e. The summed E-state index contributed by atoms with van der Waals surface area (Å²) in [7, 11) is 1.60. The predicted molar refractivity (Wildman–Crippen MR) is 87.2 cm³/mol. The minimum absolute atomic E-state index is 0.0698. The molecule has 21 heavy (non-hydrogen) atoms. The minimum atomic E-state index is -0.0698. The predicted octanol–water partition coefficient (Wildman–Crippen LogP) is 3.25. The standard InChI is InChI=1S/C15H22Cl2N2O2/c1-10(2)8-19-9-11-6-12(16)7-13(17)15(11)21-5-4-14(20)18-3/h6-7,10,19H,4-5,8-9H2,1-3H3,(H,18,20).